The zero-order valence-corrected chi connectivity index (χ0v) is 14.8. The SMILES string of the molecule is CN1CCC(N(C[C@H]2CCOC2)C(=O)c2cc(Cl)ccc2F)CC1. The summed E-state index contributed by atoms with van der Waals surface area (Å²) < 4.78 is 19.6. The molecular weight excluding hydrogens is 331 g/mol. The largest absolute Gasteiger partial charge is 0.381 e. The molecule has 4 nitrogen and oxygen atoms in total. The van der Waals surface area contributed by atoms with E-state index in [0.29, 0.717) is 24.1 Å². The fraction of sp³-hybridized carbons (Fsp3) is 0.611. The fourth-order valence-electron chi connectivity index (χ4n) is 3.53. The van der Waals surface area contributed by atoms with Crippen molar-refractivity contribution in [3.8, 4) is 0 Å². The number of rotatable bonds is 4. The smallest absolute Gasteiger partial charge is 0.257 e. The molecule has 0 N–H and O–H groups in total. The van der Waals surface area contributed by atoms with Crippen molar-refractivity contribution in [3.05, 3.63) is 34.6 Å². The molecule has 1 atom stereocenters. The Labute approximate surface area is 147 Å². The summed E-state index contributed by atoms with van der Waals surface area (Å²) in [7, 11) is 2.09. The summed E-state index contributed by atoms with van der Waals surface area (Å²) in [4.78, 5) is 17.2. The van der Waals surface area contributed by atoms with Gasteiger partial charge in [-0.25, -0.2) is 4.39 Å². The van der Waals surface area contributed by atoms with Gasteiger partial charge in [-0.15, -0.1) is 0 Å². The minimum absolute atomic E-state index is 0.0698. The van der Waals surface area contributed by atoms with Crippen LogP contribution in [0.15, 0.2) is 18.2 Å². The number of piperidine rings is 1. The zero-order chi connectivity index (χ0) is 17.1. The van der Waals surface area contributed by atoms with Crippen LogP contribution in [0.3, 0.4) is 0 Å². The van der Waals surface area contributed by atoms with Gasteiger partial charge in [0, 0.05) is 30.1 Å². The summed E-state index contributed by atoms with van der Waals surface area (Å²) in [6.45, 7) is 3.94. The van der Waals surface area contributed by atoms with Crippen LogP contribution in [0.25, 0.3) is 0 Å². The van der Waals surface area contributed by atoms with Crippen molar-refractivity contribution in [1.82, 2.24) is 9.80 Å². The van der Waals surface area contributed by atoms with E-state index >= 15 is 0 Å². The van der Waals surface area contributed by atoms with E-state index in [4.69, 9.17) is 16.3 Å². The monoisotopic (exact) mass is 354 g/mol. The molecule has 0 spiro atoms. The van der Waals surface area contributed by atoms with Crippen molar-refractivity contribution < 1.29 is 13.9 Å². The summed E-state index contributed by atoms with van der Waals surface area (Å²) in [6.07, 6.45) is 2.78. The van der Waals surface area contributed by atoms with Gasteiger partial charge in [-0.3, -0.25) is 4.79 Å². The van der Waals surface area contributed by atoms with E-state index in [1.54, 1.807) is 0 Å². The molecule has 2 aliphatic rings. The van der Waals surface area contributed by atoms with Crippen LogP contribution in [0.4, 0.5) is 4.39 Å². The first-order chi connectivity index (χ1) is 11.5. The molecule has 132 valence electrons. The predicted molar refractivity (Wildman–Crippen MR) is 91.9 cm³/mol. The Morgan fingerprint density at radius 3 is 2.79 bits per heavy atom. The second kappa shape index (κ2) is 7.81. The van der Waals surface area contributed by atoms with Crippen LogP contribution in [0.1, 0.15) is 29.6 Å². The van der Waals surface area contributed by atoms with E-state index in [1.165, 1.54) is 18.2 Å². The number of hydrogen-bond acceptors (Lipinski definition) is 3. The van der Waals surface area contributed by atoms with Crippen LogP contribution in [-0.2, 0) is 4.74 Å². The van der Waals surface area contributed by atoms with Gasteiger partial charge >= 0.3 is 0 Å². The molecule has 0 aliphatic carbocycles. The van der Waals surface area contributed by atoms with Crippen LogP contribution in [0.5, 0.6) is 0 Å². The Hall–Kier alpha value is -1.17. The lowest BCUT2D eigenvalue weighted by Gasteiger charge is -2.38. The molecule has 3 rings (SSSR count). The molecule has 0 bridgehead atoms. The molecule has 24 heavy (non-hydrogen) atoms. The highest BCUT2D eigenvalue weighted by molar-refractivity contribution is 6.31. The number of benzene rings is 1. The third-order valence-electron chi connectivity index (χ3n) is 5.03. The number of hydrogen-bond donors (Lipinski definition) is 0. The Balaban J connectivity index is 1.82. The lowest BCUT2D eigenvalue weighted by molar-refractivity contribution is 0.0532. The zero-order valence-electron chi connectivity index (χ0n) is 14.0. The molecule has 0 aromatic heterocycles. The van der Waals surface area contributed by atoms with Gasteiger partial charge in [0.2, 0.25) is 0 Å². The third-order valence-corrected chi connectivity index (χ3v) is 5.26. The first-order valence-electron chi connectivity index (χ1n) is 8.57. The molecule has 1 aromatic carbocycles. The lowest BCUT2D eigenvalue weighted by Crippen LogP contribution is -2.48. The van der Waals surface area contributed by atoms with E-state index in [9.17, 15) is 9.18 Å². The molecule has 2 heterocycles. The van der Waals surface area contributed by atoms with Crippen LogP contribution < -0.4 is 0 Å². The number of amides is 1. The molecular formula is C18H24ClFN2O2. The van der Waals surface area contributed by atoms with Crippen LogP contribution in [-0.4, -0.2) is 61.6 Å². The highest BCUT2D eigenvalue weighted by Gasteiger charge is 2.32. The molecule has 1 amide bonds. The molecule has 0 saturated carbocycles. The highest BCUT2D eigenvalue weighted by Crippen LogP contribution is 2.25. The number of likely N-dealkylation sites (tertiary alicyclic amines) is 1. The Morgan fingerprint density at radius 1 is 1.38 bits per heavy atom. The average Bonchev–Trinajstić information content (AvgIpc) is 3.08. The fourth-order valence-corrected chi connectivity index (χ4v) is 3.70. The van der Waals surface area contributed by atoms with Crippen molar-refractivity contribution in [1.29, 1.82) is 0 Å². The van der Waals surface area contributed by atoms with Gasteiger partial charge in [0.15, 0.2) is 0 Å². The van der Waals surface area contributed by atoms with Crippen molar-refractivity contribution in [2.75, 3.05) is 39.9 Å². The van der Waals surface area contributed by atoms with Gasteiger partial charge in [-0.2, -0.15) is 0 Å². The average molecular weight is 355 g/mol. The van der Waals surface area contributed by atoms with E-state index in [-0.39, 0.29) is 17.5 Å². The van der Waals surface area contributed by atoms with Gasteiger partial charge in [-0.1, -0.05) is 11.6 Å². The maximum atomic E-state index is 14.2. The van der Waals surface area contributed by atoms with Gasteiger partial charge < -0.3 is 14.5 Å². The molecule has 2 aliphatic heterocycles. The van der Waals surface area contributed by atoms with E-state index < -0.39 is 5.82 Å². The van der Waals surface area contributed by atoms with Crippen molar-refractivity contribution in [2.24, 2.45) is 5.92 Å². The van der Waals surface area contributed by atoms with Gasteiger partial charge in [0.05, 0.1) is 12.2 Å². The van der Waals surface area contributed by atoms with Gasteiger partial charge in [-0.05, 0) is 57.6 Å². The molecule has 6 heteroatoms. The van der Waals surface area contributed by atoms with Crippen molar-refractivity contribution in [2.45, 2.75) is 25.3 Å². The number of carbonyl (C=O) groups excluding carboxylic acids is 1. The molecule has 0 unspecified atom stereocenters. The third kappa shape index (κ3) is 4.08. The van der Waals surface area contributed by atoms with E-state index in [2.05, 4.69) is 11.9 Å². The van der Waals surface area contributed by atoms with Crippen LogP contribution >= 0.6 is 11.6 Å². The normalized spacial score (nSPS) is 22.7. The molecule has 1 aromatic rings. The highest BCUT2D eigenvalue weighted by atomic mass is 35.5. The van der Waals surface area contributed by atoms with Gasteiger partial charge in [0.1, 0.15) is 5.82 Å². The number of carbonyl (C=O) groups is 1. The summed E-state index contributed by atoms with van der Waals surface area (Å²) in [5.74, 6) is -0.433. The predicted octanol–water partition coefficient (Wildman–Crippen LogP) is 3.05. The van der Waals surface area contributed by atoms with Gasteiger partial charge in [0.25, 0.3) is 5.91 Å². The topological polar surface area (TPSA) is 32.8 Å². The Bertz CT molecular complexity index is 584. The van der Waals surface area contributed by atoms with E-state index in [1.807, 2.05) is 4.90 Å². The van der Waals surface area contributed by atoms with Crippen LogP contribution in [0, 0.1) is 11.7 Å². The first kappa shape index (κ1) is 17.6. The first-order valence-corrected chi connectivity index (χ1v) is 8.94. The Morgan fingerprint density at radius 2 is 2.12 bits per heavy atom. The number of ether oxygens (including phenoxy) is 1. The van der Waals surface area contributed by atoms with Crippen molar-refractivity contribution in [3.63, 3.8) is 0 Å². The number of halogens is 2. The second-order valence-electron chi connectivity index (χ2n) is 6.85. The standard InChI is InChI=1S/C18H24ClFN2O2/c1-21-7-4-15(5-8-21)22(11-13-6-9-24-12-13)18(23)16-10-14(19)2-3-17(16)20/h2-3,10,13,15H,4-9,11-12H2,1H3/t13-/m1/s1. The minimum Gasteiger partial charge on any atom is -0.381 e. The van der Waals surface area contributed by atoms with E-state index in [0.717, 1.165) is 39.0 Å². The minimum atomic E-state index is -0.509. The maximum absolute atomic E-state index is 14.2. The summed E-state index contributed by atoms with van der Waals surface area (Å²) in [5, 5.41) is 0.382. The number of nitrogens with zero attached hydrogens (tertiary/aromatic N) is 2. The Kier molecular flexibility index (Phi) is 5.74. The molecule has 2 fully saturated rings. The lowest BCUT2D eigenvalue weighted by atomic mass is 9.99. The van der Waals surface area contributed by atoms with Crippen molar-refractivity contribution >= 4 is 17.5 Å². The summed E-state index contributed by atoms with van der Waals surface area (Å²) >= 11 is 5.98. The molecule has 0 radical (unpaired) electrons. The summed E-state index contributed by atoms with van der Waals surface area (Å²) in [6, 6.07) is 4.32. The quantitative estimate of drug-likeness (QED) is 0.833. The van der Waals surface area contributed by atoms with Crippen LogP contribution in [0.2, 0.25) is 5.02 Å². The maximum Gasteiger partial charge on any atom is 0.257 e. The molecule has 2 saturated heterocycles. The second-order valence-corrected chi connectivity index (χ2v) is 7.28. The summed E-state index contributed by atoms with van der Waals surface area (Å²) in [5.41, 5.74) is 0.0698.